The fourth-order valence-electron chi connectivity index (χ4n) is 2.73. The van der Waals surface area contributed by atoms with Gasteiger partial charge in [-0.3, -0.25) is 9.69 Å². The summed E-state index contributed by atoms with van der Waals surface area (Å²) in [5.74, 6) is 1.00. The monoisotopic (exact) mass is 290 g/mol. The molecule has 0 spiro atoms. The first-order valence-electron chi connectivity index (χ1n) is 7.90. The summed E-state index contributed by atoms with van der Waals surface area (Å²) in [5, 5.41) is 3.01. The number of hydrogen-bond acceptors (Lipinski definition) is 3. The molecule has 1 saturated heterocycles. The van der Waals surface area contributed by atoms with Crippen molar-refractivity contribution >= 4 is 5.91 Å². The lowest BCUT2D eigenvalue weighted by molar-refractivity contribution is -0.122. The van der Waals surface area contributed by atoms with Crippen LogP contribution in [-0.4, -0.2) is 44.1 Å². The molecule has 4 nitrogen and oxygen atoms in total. The number of hydrogen-bond donors (Lipinski definition) is 1. The SMILES string of the molecule is COc1cccc(CCNC(=O)CN2CCCCCC2)c1. The van der Waals surface area contributed by atoms with Crippen LogP contribution in [0, 0.1) is 0 Å². The molecular weight excluding hydrogens is 264 g/mol. The number of methoxy groups -OCH3 is 1. The van der Waals surface area contributed by atoms with Crippen LogP contribution in [0.3, 0.4) is 0 Å². The molecule has 2 rings (SSSR count). The zero-order valence-corrected chi connectivity index (χ0v) is 12.9. The van der Waals surface area contributed by atoms with Gasteiger partial charge in [0.25, 0.3) is 0 Å². The Balaban J connectivity index is 1.68. The average molecular weight is 290 g/mol. The summed E-state index contributed by atoms with van der Waals surface area (Å²) < 4.78 is 5.20. The van der Waals surface area contributed by atoms with Gasteiger partial charge in [-0.1, -0.05) is 25.0 Å². The predicted molar refractivity (Wildman–Crippen MR) is 84.6 cm³/mol. The highest BCUT2D eigenvalue weighted by molar-refractivity contribution is 5.78. The molecule has 0 bridgehead atoms. The maximum absolute atomic E-state index is 12.0. The topological polar surface area (TPSA) is 41.6 Å². The van der Waals surface area contributed by atoms with Gasteiger partial charge in [-0.2, -0.15) is 0 Å². The molecule has 0 radical (unpaired) electrons. The van der Waals surface area contributed by atoms with Crippen LogP contribution in [0.2, 0.25) is 0 Å². The number of carbonyl (C=O) groups excluding carboxylic acids is 1. The highest BCUT2D eigenvalue weighted by atomic mass is 16.5. The smallest absolute Gasteiger partial charge is 0.234 e. The van der Waals surface area contributed by atoms with Crippen molar-refractivity contribution in [2.24, 2.45) is 0 Å². The third-order valence-electron chi connectivity index (χ3n) is 3.94. The molecule has 0 aliphatic carbocycles. The van der Waals surface area contributed by atoms with Gasteiger partial charge in [0, 0.05) is 6.54 Å². The summed E-state index contributed by atoms with van der Waals surface area (Å²) in [7, 11) is 1.67. The van der Waals surface area contributed by atoms with E-state index in [0.717, 1.165) is 25.3 Å². The predicted octanol–water partition coefficient (Wildman–Crippen LogP) is 2.23. The highest BCUT2D eigenvalue weighted by Crippen LogP contribution is 2.12. The van der Waals surface area contributed by atoms with Crippen LogP contribution in [0.15, 0.2) is 24.3 Å². The molecule has 0 saturated carbocycles. The summed E-state index contributed by atoms with van der Waals surface area (Å²) in [4.78, 5) is 14.2. The summed E-state index contributed by atoms with van der Waals surface area (Å²) in [6, 6.07) is 7.99. The van der Waals surface area contributed by atoms with Crippen LogP contribution >= 0.6 is 0 Å². The summed E-state index contributed by atoms with van der Waals surface area (Å²) >= 11 is 0. The largest absolute Gasteiger partial charge is 0.497 e. The third kappa shape index (κ3) is 5.76. The minimum Gasteiger partial charge on any atom is -0.497 e. The average Bonchev–Trinajstić information content (AvgIpc) is 2.76. The van der Waals surface area contributed by atoms with Crippen molar-refractivity contribution in [1.29, 1.82) is 0 Å². The van der Waals surface area contributed by atoms with E-state index in [1.807, 2.05) is 18.2 Å². The standard InChI is InChI=1S/C17H26N2O2/c1-21-16-8-6-7-15(13-16)9-10-18-17(20)14-19-11-4-2-3-5-12-19/h6-8,13H,2-5,9-12,14H2,1H3,(H,18,20). The molecule has 1 fully saturated rings. The van der Waals surface area contributed by atoms with Gasteiger partial charge in [0.1, 0.15) is 5.75 Å². The van der Waals surface area contributed by atoms with E-state index in [2.05, 4.69) is 16.3 Å². The first-order valence-corrected chi connectivity index (χ1v) is 7.90. The van der Waals surface area contributed by atoms with Crippen LogP contribution < -0.4 is 10.1 Å². The Morgan fingerprint density at radius 2 is 2.00 bits per heavy atom. The van der Waals surface area contributed by atoms with Crippen molar-refractivity contribution in [1.82, 2.24) is 10.2 Å². The van der Waals surface area contributed by atoms with Gasteiger partial charge >= 0.3 is 0 Å². The molecule has 1 aromatic carbocycles. The third-order valence-corrected chi connectivity index (χ3v) is 3.94. The minimum absolute atomic E-state index is 0.139. The molecule has 1 heterocycles. The molecule has 1 amide bonds. The zero-order valence-electron chi connectivity index (χ0n) is 12.9. The van der Waals surface area contributed by atoms with E-state index in [1.165, 1.54) is 31.2 Å². The Morgan fingerprint density at radius 1 is 1.24 bits per heavy atom. The first kappa shape index (κ1) is 15.8. The second-order valence-electron chi connectivity index (χ2n) is 5.64. The van der Waals surface area contributed by atoms with Crippen molar-refractivity contribution in [3.05, 3.63) is 29.8 Å². The van der Waals surface area contributed by atoms with Crippen LogP contribution in [0.25, 0.3) is 0 Å². The van der Waals surface area contributed by atoms with Crippen molar-refractivity contribution < 1.29 is 9.53 Å². The van der Waals surface area contributed by atoms with Crippen molar-refractivity contribution in [3.63, 3.8) is 0 Å². The van der Waals surface area contributed by atoms with Crippen LogP contribution in [-0.2, 0) is 11.2 Å². The molecule has 0 atom stereocenters. The van der Waals surface area contributed by atoms with E-state index in [-0.39, 0.29) is 5.91 Å². The number of carbonyl (C=O) groups is 1. The van der Waals surface area contributed by atoms with Gasteiger partial charge < -0.3 is 10.1 Å². The lowest BCUT2D eigenvalue weighted by Gasteiger charge is -2.18. The van der Waals surface area contributed by atoms with Gasteiger partial charge in [-0.15, -0.1) is 0 Å². The van der Waals surface area contributed by atoms with E-state index in [0.29, 0.717) is 13.1 Å². The fraction of sp³-hybridized carbons (Fsp3) is 0.588. The van der Waals surface area contributed by atoms with Gasteiger partial charge in [-0.25, -0.2) is 0 Å². The van der Waals surface area contributed by atoms with Gasteiger partial charge in [-0.05, 0) is 50.0 Å². The van der Waals surface area contributed by atoms with Crippen molar-refractivity contribution in [3.8, 4) is 5.75 Å². The molecule has 1 N–H and O–H groups in total. The van der Waals surface area contributed by atoms with Crippen LogP contribution in [0.5, 0.6) is 5.75 Å². The molecule has 21 heavy (non-hydrogen) atoms. The maximum atomic E-state index is 12.0. The Morgan fingerprint density at radius 3 is 2.71 bits per heavy atom. The Bertz CT molecular complexity index is 440. The first-order chi connectivity index (χ1) is 10.3. The highest BCUT2D eigenvalue weighted by Gasteiger charge is 2.12. The second kappa shape index (κ2) is 8.67. The molecule has 1 aliphatic rings. The van der Waals surface area contributed by atoms with E-state index in [9.17, 15) is 4.79 Å². The van der Waals surface area contributed by atoms with E-state index >= 15 is 0 Å². The van der Waals surface area contributed by atoms with E-state index < -0.39 is 0 Å². The Labute approximate surface area is 127 Å². The minimum atomic E-state index is 0.139. The normalized spacial score (nSPS) is 16.2. The summed E-state index contributed by atoms with van der Waals surface area (Å²) in [5.41, 5.74) is 1.18. The number of ether oxygens (including phenoxy) is 1. The molecule has 0 aromatic heterocycles. The number of amides is 1. The number of nitrogens with zero attached hydrogens (tertiary/aromatic N) is 1. The maximum Gasteiger partial charge on any atom is 0.234 e. The summed E-state index contributed by atoms with van der Waals surface area (Å²) in [6.07, 6.45) is 5.87. The molecule has 1 aliphatic heterocycles. The number of rotatable bonds is 6. The van der Waals surface area contributed by atoms with Gasteiger partial charge in [0.05, 0.1) is 13.7 Å². The molecule has 4 heteroatoms. The molecule has 1 aromatic rings. The quantitative estimate of drug-likeness (QED) is 0.873. The number of nitrogens with one attached hydrogen (secondary N) is 1. The van der Waals surface area contributed by atoms with Gasteiger partial charge in [0.2, 0.25) is 5.91 Å². The zero-order chi connectivity index (χ0) is 14.9. The van der Waals surface area contributed by atoms with Crippen LogP contribution in [0.4, 0.5) is 0 Å². The lowest BCUT2D eigenvalue weighted by Crippen LogP contribution is -2.38. The fourth-order valence-corrected chi connectivity index (χ4v) is 2.73. The van der Waals surface area contributed by atoms with E-state index in [4.69, 9.17) is 4.74 Å². The van der Waals surface area contributed by atoms with Crippen molar-refractivity contribution in [2.75, 3.05) is 33.3 Å². The molecule has 0 unspecified atom stereocenters. The molecular formula is C17H26N2O2. The molecule has 116 valence electrons. The summed E-state index contributed by atoms with van der Waals surface area (Å²) in [6.45, 7) is 3.34. The van der Waals surface area contributed by atoms with Crippen molar-refractivity contribution in [2.45, 2.75) is 32.1 Å². The number of likely N-dealkylation sites (tertiary alicyclic amines) is 1. The van der Waals surface area contributed by atoms with E-state index in [1.54, 1.807) is 7.11 Å². The second-order valence-corrected chi connectivity index (χ2v) is 5.64. The number of benzene rings is 1. The van der Waals surface area contributed by atoms with Gasteiger partial charge in [0.15, 0.2) is 0 Å². The van der Waals surface area contributed by atoms with Crippen LogP contribution in [0.1, 0.15) is 31.2 Å². The lowest BCUT2D eigenvalue weighted by atomic mass is 10.1. The Hall–Kier alpha value is -1.55. The Kier molecular flexibility index (Phi) is 6.54.